The standard InChI is InChI=1S/C8H16O2/c1-3-7(4-2)5-8(10)6-9/h3,8-10H,4-6H2,1-2H3/b7-3+. The van der Waals surface area contributed by atoms with E-state index >= 15 is 0 Å². The molecule has 0 saturated heterocycles. The number of rotatable bonds is 4. The number of hydrogen-bond acceptors (Lipinski definition) is 2. The molecule has 0 aliphatic rings. The average molecular weight is 144 g/mol. The monoisotopic (exact) mass is 144 g/mol. The number of aliphatic hydroxyl groups is 2. The smallest absolute Gasteiger partial charge is 0.0807 e. The fourth-order valence-electron chi connectivity index (χ4n) is 0.834. The van der Waals surface area contributed by atoms with Crippen LogP contribution in [0.1, 0.15) is 26.7 Å². The first-order valence-electron chi connectivity index (χ1n) is 3.67. The van der Waals surface area contributed by atoms with Crippen LogP contribution in [0.5, 0.6) is 0 Å². The molecule has 2 nitrogen and oxygen atoms in total. The van der Waals surface area contributed by atoms with Crippen LogP contribution in [0, 0.1) is 0 Å². The van der Waals surface area contributed by atoms with Crippen LogP contribution in [-0.2, 0) is 0 Å². The quantitative estimate of drug-likeness (QED) is 0.580. The summed E-state index contributed by atoms with van der Waals surface area (Å²) < 4.78 is 0. The third-order valence-corrected chi connectivity index (χ3v) is 1.57. The molecule has 0 aliphatic heterocycles. The summed E-state index contributed by atoms with van der Waals surface area (Å²) in [4.78, 5) is 0. The van der Waals surface area contributed by atoms with Gasteiger partial charge in [0.1, 0.15) is 0 Å². The minimum atomic E-state index is -0.578. The molecule has 0 rings (SSSR count). The zero-order valence-electron chi connectivity index (χ0n) is 6.67. The van der Waals surface area contributed by atoms with Gasteiger partial charge in [0.15, 0.2) is 0 Å². The Morgan fingerprint density at radius 1 is 1.60 bits per heavy atom. The van der Waals surface area contributed by atoms with Crippen molar-refractivity contribution in [1.82, 2.24) is 0 Å². The van der Waals surface area contributed by atoms with Crippen LogP contribution in [-0.4, -0.2) is 22.9 Å². The normalized spacial score (nSPS) is 15.4. The topological polar surface area (TPSA) is 40.5 Å². The van der Waals surface area contributed by atoms with Crippen molar-refractivity contribution in [1.29, 1.82) is 0 Å². The fraction of sp³-hybridized carbons (Fsp3) is 0.750. The highest BCUT2D eigenvalue weighted by molar-refractivity contribution is 5.00. The van der Waals surface area contributed by atoms with Crippen molar-refractivity contribution in [3.8, 4) is 0 Å². The van der Waals surface area contributed by atoms with E-state index in [0.29, 0.717) is 6.42 Å². The van der Waals surface area contributed by atoms with E-state index in [2.05, 4.69) is 0 Å². The highest BCUT2D eigenvalue weighted by Crippen LogP contribution is 2.08. The maximum atomic E-state index is 9.00. The molecule has 0 radical (unpaired) electrons. The zero-order chi connectivity index (χ0) is 7.98. The SMILES string of the molecule is C/C=C(\CC)CC(O)CO. The predicted molar refractivity (Wildman–Crippen MR) is 41.8 cm³/mol. The molecule has 0 saturated carbocycles. The average Bonchev–Trinajstić information content (AvgIpc) is 1.99. The summed E-state index contributed by atoms with van der Waals surface area (Å²) in [5.41, 5.74) is 1.20. The minimum Gasteiger partial charge on any atom is -0.394 e. The first-order chi connectivity index (χ1) is 4.74. The molecule has 0 fully saturated rings. The molecule has 0 aromatic heterocycles. The van der Waals surface area contributed by atoms with Gasteiger partial charge in [-0.1, -0.05) is 18.6 Å². The summed E-state index contributed by atoms with van der Waals surface area (Å²) >= 11 is 0. The van der Waals surface area contributed by atoms with Crippen LogP contribution in [0.3, 0.4) is 0 Å². The van der Waals surface area contributed by atoms with E-state index in [1.54, 1.807) is 0 Å². The van der Waals surface area contributed by atoms with E-state index < -0.39 is 6.10 Å². The molecule has 2 N–H and O–H groups in total. The Morgan fingerprint density at radius 2 is 2.20 bits per heavy atom. The second kappa shape index (κ2) is 5.45. The molecule has 0 aromatic rings. The molecule has 2 heteroatoms. The largest absolute Gasteiger partial charge is 0.394 e. The molecule has 0 aliphatic carbocycles. The fourth-order valence-corrected chi connectivity index (χ4v) is 0.834. The van der Waals surface area contributed by atoms with Gasteiger partial charge in [-0.25, -0.2) is 0 Å². The van der Waals surface area contributed by atoms with Crippen LogP contribution < -0.4 is 0 Å². The van der Waals surface area contributed by atoms with Crippen molar-refractivity contribution in [2.24, 2.45) is 0 Å². The Bertz CT molecular complexity index is 108. The Hall–Kier alpha value is -0.340. The van der Waals surface area contributed by atoms with Crippen molar-refractivity contribution in [2.45, 2.75) is 32.8 Å². The van der Waals surface area contributed by atoms with Crippen molar-refractivity contribution >= 4 is 0 Å². The van der Waals surface area contributed by atoms with Crippen LogP contribution in [0.15, 0.2) is 11.6 Å². The van der Waals surface area contributed by atoms with Gasteiger partial charge in [-0.15, -0.1) is 0 Å². The van der Waals surface area contributed by atoms with Gasteiger partial charge < -0.3 is 10.2 Å². The zero-order valence-corrected chi connectivity index (χ0v) is 6.67. The highest BCUT2D eigenvalue weighted by atomic mass is 16.3. The van der Waals surface area contributed by atoms with Gasteiger partial charge in [-0.3, -0.25) is 0 Å². The Kier molecular flexibility index (Phi) is 5.26. The molecular weight excluding hydrogens is 128 g/mol. The van der Waals surface area contributed by atoms with E-state index in [1.807, 2.05) is 19.9 Å². The van der Waals surface area contributed by atoms with Crippen LogP contribution >= 0.6 is 0 Å². The summed E-state index contributed by atoms with van der Waals surface area (Å²) in [6, 6.07) is 0. The maximum Gasteiger partial charge on any atom is 0.0807 e. The van der Waals surface area contributed by atoms with Crippen molar-refractivity contribution in [3.05, 3.63) is 11.6 Å². The lowest BCUT2D eigenvalue weighted by Gasteiger charge is -2.07. The summed E-state index contributed by atoms with van der Waals surface area (Å²) in [7, 11) is 0. The second-order valence-corrected chi connectivity index (χ2v) is 2.34. The molecule has 0 amide bonds. The number of allylic oxidation sites excluding steroid dienone is 1. The van der Waals surface area contributed by atoms with Crippen molar-refractivity contribution in [2.75, 3.05) is 6.61 Å². The Labute approximate surface area is 62.2 Å². The Balaban J connectivity index is 3.64. The predicted octanol–water partition coefficient (Wildman–Crippen LogP) is 1.09. The van der Waals surface area contributed by atoms with Gasteiger partial charge in [0.25, 0.3) is 0 Å². The van der Waals surface area contributed by atoms with Gasteiger partial charge >= 0.3 is 0 Å². The van der Waals surface area contributed by atoms with Crippen LogP contribution in [0.4, 0.5) is 0 Å². The van der Waals surface area contributed by atoms with Crippen LogP contribution in [0.2, 0.25) is 0 Å². The third-order valence-electron chi connectivity index (χ3n) is 1.57. The first kappa shape index (κ1) is 9.66. The molecule has 0 spiro atoms. The van der Waals surface area contributed by atoms with Gasteiger partial charge in [0, 0.05) is 0 Å². The molecule has 0 aromatic carbocycles. The van der Waals surface area contributed by atoms with E-state index in [1.165, 1.54) is 5.57 Å². The summed E-state index contributed by atoms with van der Waals surface area (Å²) in [5.74, 6) is 0. The van der Waals surface area contributed by atoms with Crippen molar-refractivity contribution < 1.29 is 10.2 Å². The Morgan fingerprint density at radius 3 is 2.50 bits per heavy atom. The second-order valence-electron chi connectivity index (χ2n) is 2.34. The number of hydrogen-bond donors (Lipinski definition) is 2. The molecule has 1 atom stereocenters. The highest BCUT2D eigenvalue weighted by Gasteiger charge is 2.02. The van der Waals surface area contributed by atoms with Gasteiger partial charge in [0.2, 0.25) is 0 Å². The first-order valence-corrected chi connectivity index (χ1v) is 3.67. The maximum absolute atomic E-state index is 9.00. The van der Waals surface area contributed by atoms with Gasteiger partial charge in [-0.05, 0) is 19.8 Å². The summed E-state index contributed by atoms with van der Waals surface area (Å²) in [5, 5.41) is 17.5. The van der Waals surface area contributed by atoms with Crippen LogP contribution in [0.25, 0.3) is 0 Å². The van der Waals surface area contributed by atoms with Gasteiger partial charge in [0.05, 0.1) is 12.7 Å². The van der Waals surface area contributed by atoms with E-state index in [4.69, 9.17) is 10.2 Å². The van der Waals surface area contributed by atoms with Gasteiger partial charge in [-0.2, -0.15) is 0 Å². The van der Waals surface area contributed by atoms with E-state index in [9.17, 15) is 0 Å². The third kappa shape index (κ3) is 3.64. The molecule has 10 heavy (non-hydrogen) atoms. The summed E-state index contributed by atoms with van der Waals surface area (Å²) in [6.45, 7) is 3.85. The molecule has 1 unspecified atom stereocenters. The number of aliphatic hydroxyl groups excluding tert-OH is 2. The lowest BCUT2D eigenvalue weighted by molar-refractivity contribution is 0.0949. The molecule has 0 heterocycles. The molecule has 60 valence electrons. The van der Waals surface area contributed by atoms with E-state index in [-0.39, 0.29) is 6.61 Å². The van der Waals surface area contributed by atoms with Crippen molar-refractivity contribution in [3.63, 3.8) is 0 Å². The molecular formula is C8H16O2. The summed E-state index contributed by atoms with van der Waals surface area (Å²) in [6.07, 6.45) is 2.96. The molecule has 0 bridgehead atoms. The lowest BCUT2D eigenvalue weighted by Crippen LogP contribution is -2.12. The lowest BCUT2D eigenvalue weighted by atomic mass is 10.1. The van der Waals surface area contributed by atoms with E-state index in [0.717, 1.165) is 6.42 Å². The minimum absolute atomic E-state index is 0.142.